The molecule has 82 valence electrons. The molecule has 0 aromatic heterocycles. The molecule has 0 radical (unpaired) electrons. The molecule has 2 N–H and O–H groups in total. The van der Waals surface area contributed by atoms with E-state index < -0.39 is 0 Å². The number of halogens is 1. The number of hydrogen-bond acceptors (Lipinski definition) is 3. The fraction of sp³-hybridized carbons (Fsp3) is 0.273. The minimum absolute atomic E-state index is 0.0530. The van der Waals surface area contributed by atoms with Gasteiger partial charge >= 0.3 is 0 Å². The Kier molecular flexibility index (Phi) is 2.97. The number of hydrogen-bond donors (Lipinski definition) is 2. The number of carbonyl (C=O) groups is 1. The lowest BCUT2D eigenvalue weighted by Crippen LogP contribution is -2.22. The Morgan fingerprint density at radius 2 is 2.38 bits per heavy atom. The fourth-order valence-corrected chi connectivity index (χ4v) is 1.86. The van der Waals surface area contributed by atoms with E-state index in [1.807, 2.05) is 6.07 Å². The summed E-state index contributed by atoms with van der Waals surface area (Å²) in [6.45, 7) is 0.621. The van der Waals surface area contributed by atoms with Gasteiger partial charge in [0.15, 0.2) is 0 Å². The Morgan fingerprint density at radius 3 is 2.94 bits per heavy atom. The van der Waals surface area contributed by atoms with Crippen LogP contribution in [0.15, 0.2) is 18.2 Å². The zero-order valence-electron chi connectivity index (χ0n) is 8.46. The van der Waals surface area contributed by atoms with Gasteiger partial charge in [-0.3, -0.25) is 4.79 Å². The number of amides is 1. The molecule has 1 fully saturated rings. The molecule has 0 spiro atoms. The zero-order valence-corrected chi connectivity index (χ0v) is 9.21. The third kappa shape index (κ3) is 2.26. The highest BCUT2D eigenvalue weighted by Gasteiger charge is 2.20. The quantitative estimate of drug-likeness (QED) is 0.817. The lowest BCUT2D eigenvalue weighted by molar-refractivity contribution is -0.119. The van der Waals surface area contributed by atoms with Crippen LogP contribution in [0.1, 0.15) is 12.0 Å². The van der Waals surface area contributed by atoms with E-state index in [4.69, 9.17) is 16.9 Å². The minimum atomic E-state index is 0.0530. The normalized spacial score (nSPS) is 19.0. The van der Waals surface area contributed by atoms with Crippen molar-refractivity contribution in [3.63, 3.8) is 0 Å². The monoisotopic (exact) mass is 235 g/mol. The Balaban J connectivity index is 2.08. The van der Waals surface area contributed by atoms with Crippen molar-refractivity contribution in [1.29, 1.82) is 5.26 Å². The summed E-state index contributed by atoms with van der Waals surface area (Å²) in [5, 5.41) is 15.1. The van der Waals surface area contributed by atoms with Crippen LogP contribution in [0.5, 0.6) is 0 Å². The molecule has 1 aliphatic heterocycles. The third-order valence-corrected chi connectivity index (χ3v) is 2.75. The number of nitrogens with one attached hydrogen (secondary N) is 2. The summed E-state index contributed by atoms with van der Waals surface area (Å²) in [5.74, 6) is 0.0530. The van der Waals surface area contributed by atoms with E-state index >= 15 is 0 Å². The topological polar surface area (TPSA) is 64.9 Å². The molecule has 0 aliphatic carbocycles. The van der Waals surface area contributed by atoms with Crippen molar-refractivity contribution in [2.45, 2.75) is 12.5 Å². The molecule has 1 unspecified atom stereocenters. The summed E-state index contributed by atoms with van der Waals surface area (Å²) in [4.78, 5) is 11.0. The lowest BCUT2D eigenvalue weighted by atomic mass is 10.2. The van der Waals surface area contributed by atoms with Gasteiger partial charge in [0.2, 0.25) is 5.91 Å². The molecule has 0 saturated carbocycles. The molecule has 16 heavy (non-hydrogen) atoms. The van der Waals surface area contributed by atoms with Gasteiger partial charge in [0, 0.05) is 18.7 Å². The number of nitrogens with zero attached hydrogens (tertiary/aromatic N) is 1. The van der Waals surface area contributed by atoms with Crippen LogP contribution >= 0.6 is 11.6 Å². The number of benzene rings is 1. The SMILES string of the molecule is N#Cc1ccc(NC2CNC(=O)C2)cc1Cl. The van der Waals surface area contributed by atoms with Gasteiger partial charge in [0.25, 0.3) is 0 Å². The molecule has 5 heteroatoms. The van der Waals surface area contributed by atoms with Gasteiger partial charge in [-0.25, -0.2) is 0 Å². The molecule has 1 amide bonds. The standard InChI is InChI=1S/C11H10ClN3O/c12-10-3-8(2-1-7(10)5-13)15-9-4-11(16)14-6-9/h1-3,9,15H,4,6H2,(H,14,16). The Hall–Kier alpha value is -1.73. The second-order valence-corrected chi connectivity index (χ2v) is 4.06. The van der Waals surface area contributed by atoms with E-state index in [1.165, 1.54) is 0 Å². The van der Waals surface area contributed by atoms with E-state index in [0.717, 1.165) is 5.69 Å². The van der Waals surface area contributed by atoms with Gasteiger partial charge < -0.3 is 10.6 Å². The Labute approximate surface area is 98.2 Å². The molecule has 0 bridgehead atoms. The summed E-state index contributed by atoms with van der Waals surface area (Å²) in [7, 11) is 0. The maximum Gasteiger partial charge on any atom is 0.222 e. The Bertz CT molecular complexity index is 467. The van der Waals surface area contributed by atoms with Gasteiger partial charge in [-0.05, 0) is 18.2 Å². The summed E-state index contributed by atoms with van der Waals surface area (Å²) in [5.41, 5.74) is 1.28. The van der Waals surface area contributed by atoms with Crippen molar-refractivity contribution < 1.29 is 4.79 Å². The first-order valence-electron chi connectivity index (χ1n) is 4.92. The molecule has 1 atom stereocenters. The Morgan fingerprint density at radius 1 is 1.56 bits per heavy atom. The molecular weight excluding hydrogens is 226 g/mol. The van der Waals surface area contributed by atoms with Crippen molar-refractivity contribution in [3.05, 3.63) is 28.8 Å². The van der Waals surface area contributed by atoms with Crippen LogP contribution in [0.4, 0.5) is 5.69 Å². The van der Waals surface area contributed by atoms with Crippen molar-refractivity contribution in [2.24, 2.45) is 0 Å². The van der Waals surface area contributed by atoms with Gasteiger partial charge in [-0.15, -0.1) is 0 Å². The molecular formula is C11H10ClN3O. The third-order valence-electron chi connectivity index (χ3n) is 2.44. The maximum atomic E-state index is 11.0. The predicted molar refractivity (Wildman–Crippen MR) is 61.2 cm³/mol. The first-order chi connectivity index (χ1) is 7.69. The van der Waals surface area contributed by atoms with Crippen molar-refractivity contribution in [3.8, 4) is 6.07 Å². The molecule has 2 rings (SSSR count). The average Bonchev–Trinajstić information content (AvgIpc) is 2.64. The van der Waals surface area contributed by atoms with Crippen LogP contribution in [0.3, 0.4) is 0 Å². The highest BCUT2D eigenvalue weighted by molar-refractivity contribution is 6.32. The number of nitriles is 1. The number of anilines is 1. The summed E-state index contributed by atoms with van der Waals surface area (Å²) >= 11 is 5.90. The first-order valence-corrected chi connectivity index (χ1v) is 5.29. The summed E-state index contributed by atoms with van der Waals surface area (Å²) in [6.07, 6.45) is 0.470. The molecule has 1 aromatic rings. The summed E-state index contributed by atoms with van der Waals surface area (Å²) < 4.78 is 0. The summed E-state index contributed by atoms with van der Waals surface area (Å²) in [6, 6.07) is 7.23. The van der Waals surface area contributed by atoms with E-state index in [1.54, 1.807) is 18.2 Å². The fourth-order valence-electron chi connectivity index (χ4n) is 1.64. The highest BCUT2D eigenvalue weighted by atomic mass is 35.5. The number of carbonyl (C=O) groups excluding carboxylic acids is 1. The largest absolute Gasteiger partial charge is 0.380 e. The minimum Gasteiger partial charge on any atom is -0.380 e. The molecule has 1 saturated heterocycles. The van der Waals surface area contributed by atoms with Gasteiger partial charge in [0.1, 0.15) is 6.07 Å². The second-order valence-electron chi connectivity index (χ2n) is 3.66. The zero-order chi connectivity index (χ0) is 11.5. The smallest absolute Gasteiger partial charge is 0.222 e. The van der Waals surface area contributed by atoms with Crippen LogP contribution in [0.2, 0.25) is 5.02 Å². The van der Waals surface area contributed by atoms with Crippen molar-refractivity contribution >= 4 is 23.2 Å². The molecule has 1 aliphatic rings. The van der Waals surface area contributed by atoms with E-state index in [-0.39, 0.29) is 11.9 Å². The maximum absolute atomic E-state index is 11.0. The lowest BCUT2D eigenvalue weighted by Gasteiger charge is -2.12. The van der Waals surface area contributed by atoms with Gasteiger partial charge in [-0.2, -0.15) is 5.26 Å². The van der Waals surface area contributed by atoms with Crippen LogP contribution in [-0.2, 0) is 4.79 Å². The highest BCUT2D eigenvalue weighted by Crippen LogP contribution is 2.21. The van der Waals surface area contributed by atoms with Crippen molar-refractivity contribution in [2.75, 3.05) is 11.9 Å². The van der Waals surface area contributed by atoms with E-state index in [9.17, 15) is 4.79 Å². The van der Waals surface area contributed by atoms with Crippen LogP contribution in [0, 0.1) is 11.3 Å². The van der Waals surface area contributed by atoms with Crippen LogP contribution < -0.4 is 10.6 Å². The van der Waals surface area contributed by atoms with E-state index in [2.05, 4.69) is 10.6 Å². The van der Waals surface area contributed by atoms with Gasteiger partial charge in [0.05, 0.1) is 16.6 Å². The van der Waals surface area contributed by atoms with Crippen molar-refractivity contribution in [1.82, 2.24) is 5.32 Å². The van der Waals surface area contributed by atoms with Crippen LogP contribution in [-0.4, -0.2) is 18.5 Å². The average molecular weight is 236 g/mol. The molecule has 4 nitrogen and oxygen atoms in total. The van der Waals surface area contributed by atoms with Crippen LogP contribution in [0.25, 0.3) is 0 Å². The predicted octanol–water partition coefficient (Wildman–Crippen LogP) is 1.51. The second kappa shape index (κ2) is 4.42. The molecule has 1 aromatic carbocycles. The first kappa shape index (κ1) is 10.8. The van der Waals surface area contributed by atoms with E-state index in [0.29, 0.717) is 23.6 Å². The molecule has 1 heterocycles. The van der Waals surface area contributed by atoms with Gasteiger partial charge in [-0.1, -0.05) is 11.6 Å². The number of rotatable bonds is 2.